The Morgan fingerprint density at radius 2 is 1.47 bits per heavy atom. The van der Waals surface area contributed by atoms with Crippen molar-refractivity contribution in [2.75, 3.05) is 20.8 Å². The van der Waals surface area contributed by atoms with Gasteiger partial charge in [-0.3, -0.25) is 0 Å². The lowest BCUT2D eigenvalue weighted by atomic mass is 9.99. The Balaban J connectivity index is 1.73. The van der Waals surface area contributed by atoms with Gasteiger partial charge in [0.15, 0.2) is 0 Å². The molecule has 0 spiro atoms. The first-order chi connectivity index (χ1) is 14.4. The number of benzene rings is 2. The topological polar surface area (TPSA) is 118 Å². The largest absolute Gasteiger partial charge is 0.497 e. The van der Waals surface area contributed by atoms with Crippen molar-refractivity contribution >= 4 is 0 Å². The molecule has 0 unspecified atom stereocenters. The van der Waals surface area contributed by atoms with Crippen LogP contribution in [0.25, 0.3) is 0 Å². The molecule has 5 atom stereocenters. The molecule has 1 aliphatic rings. The van der Waals surface area contributed by atoms with E-state index < -0.39 is 37.3 Å². The maximum Gasteiger partial charge on any atom is 0.229 e. The van der Waals surface area contributed by atoms with Crippen LogP contribution in [0.4, 0.5) is 0 Å². The number of hydrogen-bond acceptors (Lipinski definition) is 8. The van der Waals surface area contributed by atoms with Crippen molar-refractivity contribution in [2.24, 2.45) is 0 Å². The van der Waals surface area contributed by atoms with Crippen molar-refractivity contribution in [3.05, 3.63) is 53.6 Å². The molecule has 0 aliphatic carbocycles. The van der Waals surface area contributed by atoms with Crippen LogP contribution < -0.4 is 14.2 Å². The van der Waals surface area contributed by atoms with E-state index in [0.717, 1.165) is 23.3 Å². The van der Waals surface area contributed by atoms with Crippen LogP contribution in [0.5, 0.6) is 17.2 Å². The van der Waals surface area contributed by atoms with E-state index in [9.17, 15) is 20.4 Å². The molecule has 1 fully saturated rings. The summed E-state index contributed by atoms with van der Waals surface area (Å²) in [5.41, 5.74) is 2.06. The minimum absolute atomic E-state index is 0.374. The molecule has 0 bridgehead atoms. The molecule has 1 saturated heterocycles. The average Bonchev–Trinajstić information content (AvgIpc) is 2.78. The SMILES string of the molecule is COc1cccc(CCc2cc(OC)cc(O[C@@H]3O[C@@H](CO)[C@H](O)[C@@H](O)[C@@H]3O)c2)c1. The van der Waals surface area contributed by atoms with E-state index in [2.05, 4.69) is 0 Å². The van der Waals surface area contributed by atoms with Gasteiger partial charge in [0.2, 0.25) is 6.29 Å². The third-order valence-corrected chi connectivity index (χ3v) is 5.11. The summed E-state index contributed by atoms with van der Waals surface area (Å²) in [6.45, 7) is -0.519. The summed E-state index contributed by atoms with van der Waals surface area (Å²) in [6.07, 6.45) is -5.23. The van der Waals surface area contributed by atoms with Gasteiger partial charge < -0.3 is 39.4 Å². The van der Waals surface area contributed by atoms with Gasteiger partial charge in [0.1, 0.15) is 41.7 Å². The molecule has 2 aromatic carbocycles. The van der Waals surface area contributed by atoms with Crippen molar-refractivity contribution in [2.45, 2.75) is 43.5 Å². The van der Waals surface area contributed by atoms with Crippen LogP contribution in [0.2, 0.25) is 0 Å². The van der Waals surface area contributed by atoms with Crippen LogP contribution in [-0.4, -0.2) is 72.0 Å². The molecule has 4 N–H and O–H groups in total. The number of hydrogen-bond donors (Lipinski definition) is 4. The van der Waals surface area contributed by atoms with Gasteiger partial charge in [-0.15, -0.1) is 0 Å². The highest BCUT2D eigenvalue weighted by Crippen LogP contribution is 2.28. The predicted molar refractivity (Wildman–Crippen MR) is 108 cm³/mol. The Bertz CT molecular complexity index is 825. The molecular formula is C22H28O8. The zero-order valence-corrected chi connectivity index (χ0v) is 17.0. The van der Waals surface area contributed by atoms with Gasteiger partial charge in [0.05, 0.1) is 20.8 Å². The lowest BCUT2D eigenvalue weighted by Crippen LogP contribution is -2.60. The molecule has 30 heavy (non-hydrogen) atoms. The van der Waals surface area contributed by atoms with E-state index in [-0.39, 0.29) is 0 Å². The summed E-state index contributed by atoms with van der Waals surface area (Å²) >= 11 is 0. The Labute approximate surface area is 175 Å². The number of aliphatic hydroxyl groups is 4. The highest BCUT2D eigenvalue weighted by Gasteiger charge is 2.44. The minimum Gasteiger partial charge on any atom is -0.497 e. The highest BCUT2D eigenvalue weighted by atomic mass is 16.7. The number of methoxy groups -OCH3 is 2. The maximum atomic E-state index is 10.2. The second-order valence-corrected chi connectivity index (χ2v) is 7.18. The summed E-state index contributed by atoms with van der Waals surface area (Å²) in [4.78, 5) is 0. The summed E-state index contributed by atoms with van der Waals surface area (Å²) in [5, 5.41) is 39.4. The third kappa shape index (κ3) is 5.21. The van der Waals surface area contributed by atoms with Crippen LogP contribution in [0.3, 0.4) is 0 Å². The Kier molecular flexibility index (Phi) is 7.52. The van der Waals surface area contributed by atoms with Crippen LogP contribution in [0.1, 0.15) is 11.1 Å². The number of aryl methyl sites for hydroxylation is 2. The quantitative estimate of drug-likeness (QED) is 0.492. The number of aliphatic hydroxyl groups excluding tert-OH is 4. The van der Waals surface area contributed by atoms with Crippen LogP contribution in [0.15, 0.2) is 42.5 Å². The lowest BCUT2D eigenvalue weighted by Gasteiger charge is -2.39. The first-order valence-electron chi connectivity index (χ1n) is 9.73. The fourth-order valence-electron chi connectivity index (χ4n) is 3.38. The van der Waals surface area contributed by atoms with Gasteiger partial charge in [-0.2, -0.15) is 0 Å². The molecule has 0 saturated carbocycles. The second-order valence-electron chi connectivity index (χ2n) is 7.18. The van der Waals surface area contributed by atoms with Crippen LogP contribution in [-0.2, 0) is 17.6 Å². The zero-order chi connectivity index (χ0) is 21.7. The summed E-state index contributed by atoms with van der Waals surface area (Å²) in [7, 11) is 3.17. The Morgan fingerprint density at radius 1 is 0.800 bits per heavy atom. The van der Waals surface area contributed by atoms with E-state index in [0.29, 0.717) is 17.9 Å². The second kappa shape index (κ2) is 10.1. The molecule has 3 rings (SSSR count). The Morgan fingerprint density at radius 3 is 2.17 bits per heavy atom. The molecule has 0 radical (unpaired) electrons. The zero-order valence-electron chi connectivity index (χ0n) is 17.0. The van der Waals surface area contributed by atoms with Gasteiger partial charge in [-0.1, -0.05) is 12.1 Å². The first kappa shape index (κ1) is 22.3. The lowest BCUT2D eigenvalue weighted by molar-refractivity contribution is -0.277. The van der Waals surface area contributed by atoms with Crippen molar-refractivity contribution in [1.82, 2.24) is 0 Å². The smallest absolute Gasteiger partial charge is 0.229 e. The predicted octanol–water partition coefficient (Wildman–Crippen LogP) is 0.668. The van der Waals surface area contributed by atoms with Gasteiger partial charge >= 0.3 is 0 Å². The fourth-order valence-corrected chi connectivity index (χ4v) is 3.38. The fraction of sp³-hybridized carbons (Fsp3) is 0.455. The molecular weight excluding hydrogens is 392 g/mol. The summed E-state index contributed by atoms with van der Waals surface area (Å²) in [5.74, 6) is 1.74. The van der Waals surface area contributed by atoms with Gasteiger partial charge in [-0.25, -0.2) is 0 Å². The monoisotopic (exact) mass is 420 g/mol. The number of ether oxygens (including phenoxy) is 4. The van der Waals surface area contributed by atoms with Crippen molar-refractivity contribution in [3.63, 3.8) is 0 Å². The third-order valence-electron chi connectivity index (χ3n) is 5.11. The average molecular weight is 420 g/mol. The molecule has 164 valence electrons. The van der Waals surface area contributed by atoms with E-state index in [1.165, 1.54) is 0 Å². The van der Waals surface area contributed by atoms with Crippen molar-refractivity contribution < 1.29 is 39.4 Å². The molecule has 8 heteroatoms. The van der Waals surface area contributed by atoms with E-state index >= 15 is 0 Å². The van der Waals surface area contributed by atoms with Crippen molar-refractivity contribution in [3.8, 4) is 17.2 Å². The van der Waals surface area contributed by atoms with E-state index in [1.54, 1.807) is 26.4 Å². The standard InChI is InChI=1S/C22H28O8/c1-27-15-5-3-4-13(8-15)6-7-14-9-16(28-2)11-17(10-14)29-22-21(26)20(25)19(24)18(12-23)30-22/h3-5,8-11,18-26H,6-7,12H2,1-2H3/t18-,19-,20+,21-,22+/m0/s1. The van der Waals surface area contributed by atoms with Gasteiger partial charge in [-0.05, 0) is 48.2 Å². The molecule has 8 nitrogen and oxygen atoms in total. The summed E-state index contributed by atoms with van der Waals surface area (Å²) < 4.78 is 21.8. The van der Waals surface area contributed by atoms with Crippen LogP contribution in [0, 0.1) is 0 Å². The van der Waals surface area contributed by atoms with E-state index in [1.807, 2.05) is 30.3 Å². The molecule has 0 amide bonds. The molecule has 1 aliphatic heterocycles. The maximum absolute atomic E-state index is 10.2. The van der Waals surface area contributed by atoms with E-state index in [4.69, 9.17) is 18.9 Å². The molecule has 1 heterocycles. The Hall–Kier alpha value is -2.36. The minimum atomic E-state index is -1.50. The van der Waals surface area contributed by atoms with Crippen LogP contribution >= 0.6 is 0 Å². The highest BCUT2D eigenvalue weighted by molar-refractivity contribution is 5.39. The van der Waals surface area contributed by atoms with Crippen molar-refractivity contribution in [1.29, 1.82) is 0 Å². The normalized spacial score (nSPS) is 26.3. The first-order valence-corrected chi connectivity index (χ1v) is 9.73. The van der Waals surface area contributed by atoms with Gasteiger partial charge in [0, 0.05) is 6.07 Å². The molecule has 0 aromatic heterocycles. The molecule has 2 aromatic rings. The summed E-state index contributed by atoms with van der Waals surface area (Å²) in [6, 6.07) is 13.1. The number of rotatable bonds is 8. The van der Waals surface area contributed by atoms with Gasteiger partial charge in [0.25, 0.3) is 0 Å².